The molecule has 7 nitrogen and oxygen atoms in total. The smallest absolute Gasteiger partial charge is 0.269 e. The Kier molecular flexibility index (Phi) is 4.66. The van der Waals surface area contributed by atoms with Crippen molar-refractivity contribution in [3.05, 3.63) is 17.5 Å². The van der Waals surface area contributed by atoms with Crippen LogP contribution in [0.25, 0.3) is 0 Å². The number of carbonyl (C=O) groups is 2. The van der Waals surface area contributed by atoms with Gasteiger partial charge in [-0.2, -0.15) is 5.10 Å². The summed E-state index contributed by atoms with van der Waals surface area (Å²) in [7, 11) is 1.78. The molecule has 0 aromatic carbocycles. The van der Waals surface area contributed by atoms with Gasteiger partial charge in [-0.05, 0) is 38.7 Å². The fourth-order valence-electron chi connectivity index (χ4n) is 3.54. The van der Waals surface area contributed by atoms with Gasteiger partial charge in [-0.15, -0.1) is 0 Å². The van der Waals surface area contributed by atoms with E-state index in [2.05, 4.69) is 20.6 Å². The molecule has 0 radical (unpaired) electrons. The van der Waals surface area contributed by atoms with Crippen LogP contribution < -0.4 is 10.6 Å². The predicted octanol–water partition coefficient (Wildman–Crippen LogP) is 0.201. The van der Waals surface area contributed by atoms with Gasteiger partial charge in [0, 0.05) is 32.7 Å². The van der Waals surface area contributed by atoms with Gasteiger partial charge in [-0.25, -0.2) is 0 Å². The monoisotopic (exact) mass is 319 g/mol. The Balaban J connectivity index is 1.52. The molecule has 2 aliphatic heterocycles. The van der Waals surface area contributed by atoms with Crippen LogP contribution in [0.4, 0.5) is 0 Å². The summed E-state index contributed by atoms with van der Waals surface area (Å²) in [6, 6.07) is 1.98. The fourth-order valence-corrected chi connectivity index (χ4v) is 3.54. The number of aryl methyl sites for hydroxylation is 2. The molecular weight excluding hydrogens is 294 g/mol. The van der Waals surface area contributed by atoms with E-state index in [-0.39, 0.29) is 23.9 Å². The largest absolute Gasteiger partial charge is 0.355 e. The van der Waals surface area contributed by atoms with E-state index in [9.17, 15) is 9.59 Å². The maximum absolute atomic E-state index is 12.3. The van der Waals surface area contributed by atoms with E-state index in [1.807, 2.05) is 6.92 Å². The van der Waals surface area contributed by atoms with Crippen molar-refractivity contribution in [2.45, 2.75) is 44.7 Å². The Morgan fingerprint density at radius 3 is 2.70 bits per heavy atom. The number of nitrogens with zero attached hydrogens (tertiary/aromatic N) is 3. The van der Waals surface area contributed by atoms with E-state index in [0.717, 1.165) is 51.0 Å². The van der Waals surface area contributed by atoms with Gasteiger partial charge >= 0.3 is 0 Å². The number of hydrogen-bond acceptors (Lipinski definition) is 4. The summed E-state index contributed by atoms with van der Waals surface area (Å²) in [5.41, 5.74) is 1.44. The van der Waals surface area contributed by atoms with Crippen molar-refractivity contribution >= 4 is 11.8 Å². The van der Waals surface area contributed by atoms with Crippen LogP contribution in [0, 0.1) is 6.92 Å². The minimum absolute atomic E-state index is 0.0140. The topological polar surface area (TPSA) is 79.3 Å². The quantitative estimate of drug-likeness (QED) is 0.834. The molecule has 3 rings (SSSR count). The number of likely N-dealkylation sites (tertiary alicyclic amines) is 1. The lowest BCUT2D eigenvalue weighted by Crippen LogP contribution is -2.54. The first-order chi connectivity index (χ1) is 11.0. The van der Waals surface area contributed by atoms with Crippen molar-refractivity contribution in [2.24, 2.45) is 7.05 Å². The summed E-state index contributed by atoms with van der Waals surface area (Å²) in [5.74, 6) is 0.0889. The van der Waals surface area contributed by atoms with Crippen molar-refractivity contribution in [1.82, 2.24) is 25.3 Å². The second-order valence-corrected chi connectivity index (χ2v) is 6.53. The van der Waals surface area contributed by atoms with Gasteiger partial charge in [0.2, 0.25) is 5.91 Å². The second kappa shape index (κ2) is 6.70. The molecule has 1 aromatic heterocycles. The van der Waals surface area contributed by atoms with Gasteiger partial charge in [-0.3, -0.25) is 19.2 Å². The third kappa shape index (κ3) is 3.55. The van der Waals surface area contributed by atoms with Crippen molar-refractivity contribution in [2.75, 3.05) is 19.6 Å². The molecule has 1 aromatic rings. The van der Waals surface area contributed by atoms with E-state index < -0.39 is 0 Å². The van der Waals surface area contributed by atoms with Gasteiger partial charge in [0.15, 0.2) is 0 Å². The summed E-state index contributed by atoms with van der Waals surface area (Å²) in [6.45, 7) is 4.39. The lowest BCUT2D eigenvalue weighted by atomic mass is 9.99. The molecule has 0 spiro atoms. The molecule has 7 heteroatoms. The normalized spacial score (nSPS) is 23.6. The first-order valence-electron chi connectivity index (χ1n) is 8.38. The highest BCUT2D eigenvalue weighted by Crippen LogP contribution is 2.18. The molecule has 2 aliphatic rings. The van der Waals surface area contributed by atoms with Crippen molar-refractivity contribution in [3.63, 3.8) is 0 Å². The maximum atomic E-state index is 12.3. The maximum Gasteiger partial charge on any atom is 0.269 e. The molecule has 23 heavy (non-hydrogen) atoms. The molecule has 0 bridgehead atoms. The number of aromatic nitrogens is 2. The standard InChI is InChI=1S/C16H25N5O2/c1-11-10-14(20(2)19-11)16(23)18-12-5-8-21(9-6-12)13-4-3-7-17-15(13)22/h10,12-13H,3-9H2,1-2H3,(H,17,22)(H,18,23). The van der Waals surface area contributed by atoms with Crippen LogP contribution in [-0.2, 0) is 11.8 Å². The molecule has 2 N–H and O–H groups in total. The zero-order chi connectivity index (χ0) is 16.4. The highest BCUT2D eigenvalue weighted by Gasteiger charge is 2.31. The summed E-state index contributed by atoms with van der Waals surface area (Å²) in [4.78, 5) is 26.5. The van der Waals surface area contributed by atoms with Gasteiger partial charge in [0.1, 0.15) is 5.69 Å². The molecular formula is C16H25N5O2. The van der Waals surface area contributed by atoms with Crippen LogP contribution in [0.2, 0.25) is 0 Å². The van der Waals surface area contributed by atoms with E-state index in [4.69, 9.17) is 0 Å². The number of amides is 2. The number of nitrogens with one attached hydrogen (secondary N) is 2. The van der Waals surface area contributed by atoms with Gasteiger partial charge < -0.3 is 10.6 Å². The molecule has 2 amide bonds. The third-order valence-electron chi connectivity index (χ3n) is 4.80. The average molecular weight is 319 g/mol. The fraction of sp³-hybridized carbons (Fsp3) is 0.688. The molecule has 0 saturated carbocycles. The van der Waals surface area contributed by atoms with Gasteiger partial charge in [-0.1, -0.05) is 0 Å². The van der Waals surface area contributed by atoms with Crippen LogP contribution in [0.5, 0.6) is 0 Å². The van der Waals surface area contributed by atoms with Crippen LogP contribution in [0.15, 0.2) is 6.07 Å². The van der Waals surface area contributed by atoms with E-state index >= 15 is 0 Å². The van der Waals surface area contributed by atoms with Gasteiger partial charge in [0.05, 0.1) is 11.7 Å². The summed E-state index contributed by atoms with van der Waals surface area (Å²) >= 11 is 0. The number of carbonyl (C=O) groups excluding carboxylic acids is 2. The minimum atomic E-state index is -0.0676. The lowest BCUT2D eigenvalue weighted by Gasteiger charge is -2.38. The minimum Gasteiger partial charge on any atom is -0.355 e. The molecule has 2 saturated heterocycles. The van der Waals surface area contributed by atoms with Crippen molar-refractivity contribution in [3.8, 4) is 0 Å². The van der Waals surface area contributed by atoms with Crippen molar-refractivity contribution < 1.29 is 9.59 Å². The van der Waals surface area contributed by atoms with E-state index in [1.54, 1.807) is 17.8 Å². The first kappa shape index (κ1) is 16.0. The summed E-state index contributed by atoms with van der Waals surface area (Å²) in [6.07, 6.45) is 3.75. The Morgan fingerprint density at radius 1 is 1.35 bits per heavy atom. The number of piperidine rings is 2. The molecule has 2 fully saturated rings. The Labute approximate surface area is 136 Å². The van der Waals surface area contributed by atoms with Gasteiger partial charge in [0.25, 0.3) is 5.91 Å². The zero-order valence-corrected chi connectivity index (χ0v) is 13.8. The second-order valence-electron chi connectivity index (χ2n) is 6.53. The van der Waals surface area contributed by atoms with Crippen LogP contribution >= 0.6 is 0 Å². The average Bonchev–Trinajstić information content (AvgIpc) is 2.87. The number of hydrogen-bond donors (Lipinski definition) is 2. The molecule has 3 heterocycles. The summed E-state index contributed by atoms with van der Waals surface area (Å²) in [5, 5.41) is 10.2. The molecule has 1 atom stereocenters. The summed E-state index contributed by atoms with van der Waals surface area (Å²) < 4.78 is 1.62. The van der Waals surface area contributed by atoms with Crippen molar-refractivity contribution in [1.29, 1.82) is 0 Å². The Hall–Kier alpha value is -1.89. The molecule has 126 valence electrons. The highest BCUT2D eigenvalue weighted by molar-refractivity contribution is 5.92. The Bertz CT molecular complexity index is 589. The first-order valence-corrected chi connectivity index (χ1v) is 8.38. The van der Waals surface area contributed by atoms with Crippen LogP contribution in [0.1, 0.15) is 41.9 Å². The third-order valence-corrected chi connectivity index (χ3v) is 4.80. The van der Waals surface area contributed by atoms with E-state index in [0.29, 0.717) is 5.69 Å². The highest BCUT2D eigenvalue weighted by atomic mass is 16.2. The molecule has 1 unspecified atom stereocenters. The molecule has 0 aliphatic carbocycles. The van der Waals surface area contributed by atoms with Crippen LogP contribution in [-0.4, -0.2) is 58.2 Å². The number of rotatable bonds is 3. The lowest BCUT2D eigenvalue weighted by molar-refractivity contribution is -0.128. The van der Waals surface area contributed by atoms with Crippen LogP contribution in [0.3, 0.4) is 0 Å². The zero-order valence-electron chi connectivity index (χ0n) is 13.8. The SMILES string of the molecule is Cc1cc(C(=O)NC2CCN(C3CCCNC3=O)CC2)n(C)n1. The Morgan fingerprint density at radius 2 is 2.09 bits per heavy atom. The predicted molar refractivity (Wildman–Crippen MR) is 86.0 cm³/mol. The van der Waals surface area contributed by atoms with E-state index in [1.165, 1.54) is 0 Å².